The second-order valence-electron chi connectivity index (χ2n) is 7.24. The van der Waals surface area contributed by atoms with E-state index in [0.29, 0.717) is 18.9 Å². The Morgan fingerprint density at radius 2 is 1.42 bits per heavy atom. The Hall–Kier alpha value is -3.38. The molecule has 31 heavy (non-hydrogen) atoms. The quantitative estimate of drug-likeness (QED) is 0.410. The topological polar surface area (TPSA) is 72.2 Å². The molecule has 0 radical (unpaired) electrons. The highest BCUT2D eigenvalue weighted by molar-refractivity contribution is 7.91. The Morgan fingerprint density at radius 3 is 2.03 bits per heavy atom. The molecule has 5 nitrogen and oxygen atoms in total. The molecule has 0 aliphatic rings. The van der Waals surface area contributed by atoms with Crippen molar-refractivity contribution in [3.05, 3.63) is 108 Å². The van der Waals surface area contributed by atoms with Crippen molar-refractivity contribution in [2.75, 3.05) is 5.32 Å². The first kappa shape index (κ1) is 20.9. The summed E-state index contributed by atoms with van der Waals surface area (Å²) < 4.78 is 32.6. The van der Waals surface area contributed by atoms with Gasteiger partial charge in [0.1, 0.15) is 0 Å². The average Bonchev–Trinajstić information content (AvgIpc) is 3.22. The summed E-state index contributed by atoms with van der Waals surface area (Å²) >= 11 is 0. The summed E-state index contributed by atoms with van der Waals surface area (Å²) in [6.45, 7) is 2.46. The van der Waals surface area contributed by atoms with E-state index in [1.807, 2.05) is 79.7 Å². The van der Waals surface area contributed by atoms with Crippen molar-refractivity contribution in [3.63, 3.8) is 0 Å². The number of hydrogen-bond donors (Lipinski definition) is 1. The molecular formula is C25H24N2O3S. The van der Waals surface area contributed by atoms with Crippen LogP contribution in [0.3, 0.4) is 0 Å². The predicted octanol–water partition coefficient (Wildman–Crippen LogP) is 5.27. The minimum Gasteiger partial charge on any atom is -0.423 e. The van der Waals surface area contributed by atoms with Gasteiger partial charge in [0.2, 0.25) is 26.6 Å². The first-order valence-corrected chi connectivity index (χ1v) is 11.7. The number of rotatable bonds is 8. The van der Waals surface area contributed by atoms with E-state index in [9.17, 15) is 8.42 Å². The lowest BCUT2D eigenvalue weighted by Crippen LogP contribution is -2.07. The number of aromatic nitrogens is 1. The van der Waals surface area contributed by atoms with E-state index in [0.717, 1.165) is 23.1 Å². The van der Waals surface area contributed by atoms with Gasteiger partial charge in [0.15, 0.2) is 0 Å². The second-order valence-corrected chi connectivity index (χ2v) is 9.11. The van der Waals surface area contributed by atoms with Gasteiger partial charge in [-0.2, -0.15) is 4.98 Å². The molecule has 1 heterocycles. The molecule has 0 amide bonds. The minimum absolute atomic E-state index is 0.0846. The van der Waals surface area contributed by atoms with E-state index in [-0.39, 0.29) is 15.8 Å². The number of aryl methyl sites for hydroxylation is 1. The molecule has 0 bridgehead atoms. The third-order valence-electron chi connectivity index (χ3n) is 5.03. The van der Waals surface area contributed by atoms with Gasteiger partial charge in [-0.25, -0.2) is 8.42 Å². The van der Waals surface area contributed by atoms with Crippen LogP contribution in [0.4, 0.5) is 5.88 Å². The smallest absolute Gasteiger partial charge is 0.233 e. The third-order valence-corrected chi connectivity index (χ3v) is 6.71. The number of sulfone groups is 1. The molecule has 0 atom stereocenters. The summed E-state index contributed by atoms with van der Waals surface area (Å²) in [6.07, 6.45) is 1.25. The lowest BCUT2D eigenvalue weighted by molar-refractivity contribution is 0.516. The highest BCUT2D eigenvalue weighted by Gasteiger charge is 2.28. The molecule has 0 unspecified atom stereocenters. The molecule has 0 aliphatic carbocycles. The van der Waals surface area contributed by atoms with Gasteiger partial charge in [0, 0.05) is 13.0 Å². The molecule has 0 aliphatic heterocycles. The molecule has 158 valence electrons. The zero-order chi connectivity index (χ0) is 21.7. The first-order valence-electron chi connectivity index (χ1n) is 10.2. The molecule has 0 spiro atoms. The number of nitrogens with one attached hydrogen (secondary N) is 1. The van der Waals surface area contributed by atoms with Crippen LogP contribution < -0.4 is 5.32 Å². The summed E-state index contributed by atoms with van der Waals surface area (Å²) in [5, 5.41) is 3.04. The molecule has 3 aromatic carbocycles. The van der Waals surface area contributed by atoms with E-state index in [4.69, 9.17) is 4.42 Å². The van der Waals surface area contributed by atoms with Gasteiger partial charge in [-0.1, -0.05) is 79.7 Å². The zero-order valence-corrected chi connectivity index (χ0v) is 18.1. The van der Waals surface area contributed by atoms with Crippen molar-refractivity contribution in [1.29, 1.82) is 0 Å². The number of oxazole rings is 1. The molecule has 0 saturated heterocycles. The number of nitrogens with zero attached hydrogens (tertiary/aromatic N) is 1. The predicted molar refractivity (Wildman–Crippen MR) is 121 cm³/mol. The maximum atomic E-state index is 13.4. The Labute approximate surface area is 182 Å². The normalized spacial score (nSPS) is 11.4. The van der Waals surface area contributed by atoms with Crippen molar-refractivity contribution in [2.24, 2.45) is 0 Å². The maximum absolute atomic E-state index is 13.4. The Balaban J connectivity index is 1.69. The van der Waals surface area contributed by atoms with Crippen molar-refractivity contribution in [1.82, 2.24) is 4.98 Å². The van der Waals surface area contributed by atoms with Crippen molar-refractivity contribution in [3.8, 4) is 0 Å². The fourth-order valence-corrected chi connectivity index (χ4v) is 4.58. The summed E-state index contributed by atoms with van der Waals surface area (Å²) in [6, 6.07) is 26.4. The van der Waals surface area contributed by atoms with E-state index in [1.165, 1.54) is 0 Å². The van der Waals surface area contributed by atoms with Gasteiger partial charge in [-0.15, -0.1) is 0 Å². The van der Waals surface area contributed by atoms with Crippen molar-refractivity contribution in [2.45, 2.75) is 36.2 Å². The number of anilines is 1. The van der Waals surface area contributed by atoms with Crippen LogP contribution in [-0.4, -0.2) is 13.4 Å². The van der Waals surface area contributed by atoms with Gasteiger partial charge in [-0.05, 0) is 35.2 Å². The van der Waals surface area contributed by atoms with E-state index in [2.05, 4.69) is 10.3 Å². The third kappa shape index (κ3) is 4.86. The maximum Gasteiger partial charge on any atom is 0.233 e. The standard InChI is InChI=1S/C25H24N2O3S/c1-2-19-13-15-22(16-14-19)31(28,29)25-24(26-18-21-11-7-4-8-12-21)30-23(27-25)17-20-9-5-3-6-10-20/h3-16,26H,2,17-18H2,1H3. The molecule has 0 saturated carbocycles. The van der Waals surface area contributed by atoms with Crippen LogP contribution in [-0.2, 0) is 29.2 Å². The van der Waals surface area contributed by atoms with Crippen LogP contribution in [0.2, 0.25) is 0 Å². The monoisotopic (exact) mass is 432 g/mol. The molecule has 0 fully saturated rings. The summed E-state index contributed by atoms with van der Waals surface area (Å²) in [7, 11) is -3.84. The molecule has 1 N–H and O–H groups in total. The second kappa shape index (κ2) is 9.18. The Morgan fingerprint density at radius 1 is 0.806 bits per heavy atom. The number of hydrogen-bond acceptors (Lipinski definition) is 5. The average molecular weight is 433 g/mol. The van der Waals surface area contributed by atoms with E-state index >= 15 is 0 Å². The van der Waals surface area contributed by atoms with Crippen LogP contribution in [0.5, 0.6) is 0 Å². The van der Waals surface area contributed by atoms with Crippen LogP contribution in [0.15, 0.2) is 99.3 Å². The molecule has 6 heteroatoms. The van der Waals surface area contributed by atoms with Gasteiger partial charge >= 0.3 is 0 Å². The fraction of sp³-hybridized carbons (Fsp3) is 0.160. The van der Waals surface area contributed by atoms with Gasteiger partial charge in [0.05, 0.1) is 4.90 Å². The van der Waals surface area contributed by atoms with Gasteiger partial charge in [-0.3, -0.25) is 0 Å². The Kier molecular flexibility index (Phi) is 6.18. The van der Waals surface area contributed by atoms with Crippen LogP contribution in [0.25, 0.3) is 0 Å². The Bertz CT molecular complexity index is 1230. The highest BCUT2D eigenvalue weighted by Crippen LogP contribution is 2.30. The SMILES string of the molecule is CCc1ccc(S(=O)(=O)c2nc(Cc3ccccc3)oc2NCc2ccccc2)cc1. The van der Waals surface area contributed by atoms with Crippen molar-refractivity contribution >= 4 is 15.7 Å². The summed E-state index contributed by atoms with van der Waals surface area (Å²) in [5.41, 5.74) is 3.08. The molecule has 4 rings (SSSR count). The van der Waals surface area contributed by atoms with Crippen LogP contribution >= 0.6 is 0 Å². The summed E-state index contributed by atoms with van der Waals surface area (Å²) in [5.74, 6) is 0.514. The lowest BCUT2D eigenvalue weighted by Gasteiger charge is -2.07. The largest absolute Gasteiger partial charge is 0.423 e. The van der Waals surface area contributed by atoms with Crippen LogP contribution in [0, 0.1) is 0 Å². The first-order chi connectivity index (χ1) is 15.1. The molecule has 1 aromatic heterocycles. The summed E-state index contributed by atoms with van der Waals surface area (Å²) in [4.78, 5) is 4.59. The minimum atomic E-state index is -3.84. The van der Waals surface area contributed by atoms with Crippen LogP contribution in [0.1, 0.15) is 29.5 Å². The lowest BCUT2D eigenvalue weighted by atomic mass is 10.2. The fourth-order valence-electron chi connectivity index (χ4n) is 3.28. The number of benzene rings is 3. The zero-order valence-electron chi connectivity index (χ0n) is 17.3. The highest BCUT2D eigenvalue weighted by atomic mass is 32.2. The molecule has 4 aromatic rings. The molecular weight excluding hydrogens is 408 g/mol. The van der Waals surface area contributed by atoms with E-state index in [1.54, 1.807) is 12.1 Å². The van der Waals surface area contributed by atoms with Gasteiger partial charge < -0.3 is 9.73 Å². The van der Waals surface area contributed by atoms with Gasteiger partial charge in [0.25, 0.3) is 0 Å². The van der Waals surface area contributed by atoms with Crippen molar-refractivity contribution < 1.29 is 12.8 Å². The van der Waals surface area contributed by atoms with E-state index < -0.39 is 9.84 Å².